The van der Waals surface area contributed by atoms with Gasteiger partial charge in [-0.25, -0.2) is 4.79 Å². The molecule has 15 atom stereocenters. The van der Waals surface area contributed by atoms with Gasteiger partial charge in [-0.2, -0.15) is 0 Å². The van der Waals surface area contributed by atoms with E-state index in [0.717, 1.165) is 0 Å². The first kappa shape index (κ1) is 28.4. The molecule has 11 N–H and O–H groups in total. The van der Waals surface area contributed by atoms with Crippen molar-refractivity contribution in [2.75, 3.05) is 13.2 Å². The van der Waals surface area contributed by atoms with Gasteiger partial charge in [-0.05, 0) is 0 Å². The van der Waals surface area contributed by atoms with Gasteiger partial charge in [0.05, 0.1) is 13.2 Å². The Morgan fingerprint density at radius 1 is 0.657 bits per heavy atom. The lowest BCUT2D eigenvalue weighted by molar-refractivity contribution is -0.361. The standard InChI is InChI=1S/C18H30O17/c19-1-3-6(21)13(12(27)16(30)32-3)34-18-11(26)7(22)5(20)4(33-18)2-31-17-10(25)8(23)9(24)14(35-17)15(28)29/h3-14,16-27,30H,1-2H2,(H,28,29)/t3-,4-,5-,6-,7+,8+,9+,10-,11-,12-,13+,14+,16?,17+,18-/m1/s1. The molecule has 3 rings (SSSR count). The minimum absolute atomic E-state index is 0.734. The highest BCUT2D eigenvalue weighted by molar-refractivity contribution is 5.73. The Morgan fingerprint density at radius 2 is 1.26 bits per heavy atom. The molecule has 0 aliphatic carbocycles. The predicted octanol–water partition coefficient (Wildman–Crippen LogP) is -7.48. The second-order valence-electron chi connectivity index (χ2n) is 8.41. The number of hydrogen-bond acceptors (Lipinski definition) is 16. The zero-order valence-electron chi connectivity index (χ0n) is 17.9. The fourth-order valence-electron chi connectivity index (χ4n) is 3.93. The number of rotatable bonds is 7. The zero-order chi connectivity index (χ0) is 26.2. The summed E-state index contributed by atoms with van der Waals surface area (Å²) in [4.78, 5) is 11.2. The van der Waals surface area contributed by atoms with Gasteiger partial charge in [0.1, 0.15) is 67.1 Å². The van der Waals surface area contributed by atoms with E-state index in [9.17, 15) is 55.9 Å². The van der Waals surface area contributed by atoms with Crippen LogP contribution in [0.5, 0.6) is 0 Å². The molecule has 3 aliphatic rings. The number of aliphatic carboxylic acids is 1. The van der Waals surface area contributed by atoms with Crippen LogP contribution < -0.4 is 0 Å². The third-order valence-electron chi connectivity index (χ3n) is 6.04. The van der Waals surface area contributed by atoms with Crippen LogP contribution in [0.4, 0.5) is 0 Å². The van der Waals surface area contributed by atoms with Crippen LogP contribution in [0.15, 0.2) is 0 Å². The average molecular weight is 518 g/mol. The lowest BCUT2D eigenvalue weighted by atomic mass is 9.97. The SMILES string of the molecule is O=C(O)[C@H]1O[C@H](OC[C@H]2O[C@H](O[C@H]3[C@H](O)[C@@H](CO)OC(O)[C@@H]3O)[C@H](O)[C@@H](O)[C@@H]2O)[C@H](O)[C@@H](O)[C@@H]1O. The van der Waals surface area contributed by atoms with Crippen molar-refractivity contribution in [3.05, 3.63) is 0 Å². The monoisotopic (exact) mass is 518 g/mol. The van der Waals surface area contributed by atoms with E-state index in [-0.39, 0.29) is 0 Å². The van der Waals surface area contributed by atoms with Crippen LogP contribution in [0.3, 0.4) is 0 Å². The topological polar surface area (TPSA) is 286 Å². The molecule has 0 amide bonds. The van der Waals surface area contributed by atoms with Gasteiger partial charge in [0.15, 0.2) is 25.0 Å². The molecule has 1 unspecified atom stereocenters. The Bertz CT molecular complexity index is 711. The van der Waals surface area contributed by atoms with Crippen LogP contribution in [-0.4, -0.2) is 167 Å². The molecule has 0 aromatic carbocycles. The van der Waals surface area contributed by atoms with Crippen LogP contribution in [0.1, 0.15) is 0 Å². The van der Waals surface area contributed by atoms with E-state index in [2.05, 4.69) is 0 Å². The Labute approximate surface area is 196 Å². The molecule has 0 bridgehead atoms. The van der Waals surface area contributed by atoms with Crippen LogP contribution in [0.2, 0.25) is 0 Å². The van der Waals surface area contributed by atoms with Crippen LogP contribution in [0.25, 0.3) is 0 Å². The third kappa shape index (κ3) is 5.74. The van der Waals surface area contributed by atoms with E-state index in [4.69, 9.17) is 28.8 Å². The zero-order valence-corrected chi connectivity index (χ0v) is 17.9. The molecule has 17 nitrogen and oxygen atoms in total. The molecule has 3 fully saturated rings. The molecule has 0 saturated carbocycles. The molecule has 0 aromatic rings. The van der Waals surface area contributed by atoms with Gasteiger partial charge in [0, 0.05) is 0 Å². The summed E-state index contributed by atoms with van der Waals surface area (Å²) >= 11 is 0. The van der Waals surface area contributed by atoms with Crippen molar-refractivity contribution in [1.82, 2.24) is 0 Å². The number of carboxylic acid groups (broad SMARTS) is 1. The lowest BCUT2D eigenvalue weighted by Gasteiger charge is -2.45. The number of aliphatic hydroxyl groups is 10. The molecule has 0 radical (unpaired) electrons. The third-order valence-corrected chi connectivity index (χ3v) is 6.04. The normalized spacial score (nSPS) is 51.2. The minimum atomic E-state index is -1.97. The van der Waals surface area contributed by atoms with E-state index in [0.29, 0.717) is 0 Å². The first-order chi connectivity index (χ1) is 16.4. The number of ether oxygens (including phenoxy) is 5. The van der Waals surface area contributed by atoms with Crippen LogP contribution >= 0.6 is 0 Å². The van der Waals surface area contributed by atoms with Crippen LogP contribution in [-0.2, 0) is 28.5 Å². The van der Waals surface area contributed by atoms with Crippen molar-refractivity contribution in [2.24, 2.45) is 0 Å². The summed E-state index contributed by atoms with van der Waals surface area (Å²) in [5, 5.41) is 109. The first-order valence-corrected chi connectivity index (χ1v) is 10.6. The summed E-state index contributed by atoms with van der Waals surface area (Å²) in [7, 11) is 0. The molecule has 17 heteroatoms. The maximum atomic E-state index is 11.2. The summed E-state index contributed by atoms with van der Waals surface area (Å²) in [6.07, 6.45) is -27.2. The number of hydrogen-bond donors (Lipinski definition) is 11. The van der Waals surface area contributed by atoms with E-state index in [1.807, 2.05) is 0 Å². The Morgan fingerprint density at radius 3 is 1.86 bits per heavy atom. The van der Waals surface area contributed by atoms with Gasteiger partial charge < -0.3 is 79.9 Å². The molecule has 204 valence electrons. The number of carboxylic acids is 1. The quantitative estimate of drug-likeness (QED) is 0.149. The summed E-state index contributed by atoms with van der Waals surface area (Å²) in [5.41, 5.74) is 0. The fraction of sp³-hybridized carbons (Fsp3) is 0.944. The van der Waals surface area contributed by atoms with Gasteiger partial charge in [0.25, 0.3) is 0 Å². The first-order valence-electron chi connectivity index (χ1n) is 10.6. The van der Waals surface area contributed by atoms with E-state index in [1.54, 1.807) is 0 Å². The molecular formula is C18H30O17. The van der Waals surface area contributed by atoms with Crippen molar-refractivity contribution in [1.29, 1.82) is 0 Å². The summed E-state index contributed by atoms with van der Waals surface area (Å²) in [6, 6.07) is 0. The second kappa shape index (κ2) is 11.5. The molecule has 0 spiro atoms. The minimum Gasteiger partial charge on any atom is -0.479 e. The van der Waals surface area contributed by atoms with Crippen molar-refractivity contribution in [3.8, 4) is 0 Å². The lowest BCUT2D eigenvalue weighted by Crippen LogP contribution is -2.65. The highest BCUT2D eigenvalue weighted by Crippen LogP contribution is 2.29. The van der Waals surface area contributed by atoms with Gasteiger partial charge >= 0.3 is 5.97 Å². The molecule has 3 heterocycles. The van der Waals surface area contributed by atoms with Gasteiger partial charge in [0.2, 0.25) is 0 Å². The van der Waals surface area contributed by atoms with Crippen molar-refractivity contribution >= 4 is 5.97 Å². The van der Waals surface area contributed by atoms with E-state index >= 15 is 0 Å². The molecular weight excluding hydrogens is 488 g/mol. The Kier molecular flexibility index (Phi) is 9.35. The van der Waals surface area contributed by atoms with Gasteiger partial charge in [-0.1, -0.05) is 0 Å². The smallest absolute Gasteiger partial charge is 0.335 e. The van der Waals surface area contributed by atoms with E-state index in [1.165, 1.54) is 0 Å². The molecule has 3 aliphatic heterocycles. The second-order valence-corrected chi connectivity index (χ2v) is 8.41. The fourth-order valence-corrected chi connectivity index (χ4v) is 3.93. The molecule has 35 heavy (non-hydrogen) atoms. The largest absolute Gasteiger partial charge is 0.479 e. The Balaban J connectivity index is 1.68. The summed E-state index contributed by atoms with van der Waals surface area (Å²) in [5.74, 6) is -1.66. The highest BCUT2D eigenvalue weighted by atomic mass is 16.7. The van der Waals surface area contributed by atoms with E-state index < -0.39 is 111 Å². The molecule has 0 aromatic heterocycles. The maximum absolute atomic E-state index is 11.2. The maximum Gasteiger partial charge on any atom is 0.335 e. The number of aliphatic hydroxyl groups excluding tert-OH is 10. The van der Waals surface area contributed by atoms with Crippen molar-refractivity contribution < 1.29 is 84.7 Å². The Hall–Kier alpha value is -1.13. The van der Waals surface area contributed by atoms with Crippen LogP contribution in [0, 0.1) is 0 Å². The summed E-state index contributed by atoms with van der Waals surface area (Å²) in [6.45, 7) is -1.50. The average Bonchev–Trinajstić information content (AvgIpc) is 2.82. The summed E-state index contributed by atoms with van der Waals surface area (Å²) < 4.78 is 25.6. The predicted molar refractivity (Wildman–Crippen MR) is 102 cm³/mol. The molecule has 3 saturated heterocycles. The van der Waals surface area contributed by atoms with Crippen molar-refractivity contribution in [2.45, 2.75) is 92.1 Å². The highest BCUT2D eigenvalue weighted by Gasteiger charge is 2.52. The van der Waals surface area contributed by atoms with Crippen molar-refractivity contribution in [3.63, 3.8) is 0 Å². The van der Waals surface area contributed by atoms with Gasteiger partial charge in [-0.15, -0.1) is 0 Å². The van der Waals surface area contributed by atoms with Gasteiger partial charge in [-0.3, -0.25) is 0 Å². The number of carbonyl (C=O) groups is 1.